The summed E-state index contributed by atoms with van der Waals surface area (Å²) < 4.78 is 5.21. The Kier molecular flexibility index (Phi) is 3.83. The molecule has 2 N–H and O–H groups in total. The van der Waals surface area contributed by atoms with Gasteiger partial charge in [0.1, 0.15) is 6.04 Å². The summed E-state index contributed by atoms with van der Waals surface area (Å²) in [6.07, 6.45) is 0. The number of ether oxygens (including phenoxy) is 1. The minimum Gasteiger partial charge on any atom is -0.468 e. The van der Waals surface area contributed by atoms with Crippen molar-refractivity contribution in [2.75, 3.05) is 7.11 Å². The molecule has 1 aromatic carbocycles. The molecule has 1 unspecified atom stereocenters. The molecule has 0 aliphatic carbocycles. The third-order valence-electron chi connectivity index (χ3n) is 1.92. The SMILES string of the molecule is COC(=O)C(N)c1cc(C#N)ccc1Br. The highest BCUT2D eigenvalue weighted by molar-refractivity contribution is 9.10. The molecule has 1 rings (SSSR count). The van der Waals surface area contributed by atoms with E-state index in [4.69, 9.17) is 11.0 Å². The molecule has 78 valence electrons. The van der Waals surface area contributed by atoms with Crippen molar-refractivity contribution in [1.82, 2.24) is 0 Å². The Morgan fingerprint density at radius 1 is 1.67 bits per heavy atom. The summed E-state index contributed by atoms with van der Waals surface area (Å²) >= 11 is 3.26. The molecule has 0 fully saturated rings. The number of hydrogen-bond donors (Lipinski definition) is 1. The van der Waals surface area contributed by atoms with Crippen LogP contribution in [0, 0.1) is 11.3 Å². The standard InChI is InChI=1S/C10H9BrN2O2/c1-15-10(14)9(13)7-4-6(5-12)2-3-8(7)11/h2-4,9H,13H2,1H3. The van der Waals surface area contributed by atoms with E-state index in [2.05, 4.69) is 20.7 Å². The highest BCUT2D eigenvalue weighted by atomic mass is 79.9. The minimum atomic E-state index is -0.877. The van der Waals surface area contributed by atoms with Crippen LogP contribution >= 0.6 is 15.9 Å². The van der Waals surface area contributed by atoms with Gasteiger partial charge in [-0.25, -0.2) is 0 Å². The van der Waals surface area contributed by atoms with Crippen molar-refractivity contribution in [3.05, 3.63) is 33.8 Å². The average molecular weight is 269 g/mol. The van der Waals surface area contributed by atoms with Crippen LogP contribution in [-0.4, -0.2) is 13.1 Å². The number of esters is 1. The number of methoxy groups -OCH3 is 1. The Hall–Kier alpha value is -1.38. The molecule has 1 aromatic rings. The van der Waals surface area contributed by atoms with Crippen molar-refractivity contribution in [2.24, 2.45) is 5.73 Å². The quantitative estimate of drug-likeness (QED) is 0.825. The lowest BCUT2D eigenvalue weighted by atomic mass is 10.1. The highest BCUT2D eigenvalue weighted by Gasteiger charge is 2.19. The lowest BCUT2D eigenvalue weighted by molar-refractivity contribution is -0.142. The van der Waals surface area contributed by atoms with Crippen LogP contribution in [0.5, 0.6) is 0 Å². The van der Waals surface area contributed by atoms with Gasteiger partial charge in [0.15, 0.2) is 0 Å². The van der Waals surface area contributed by atoms with Gasteiger partial charge in [0, 0.05) is 4.47 Å². The Labute approximate surface area is 95.8 Å². The number of nitrogens with two attached hydrogens (primary N) is 1. The first-order valence-corrected chi connectivity index (χ1v) is 4.92. The van der Waals surface area contributed by atoms with E-state index in [9.17, 15) is 4.79 Å². The van der Waals surface area contributed by atoms with E-state index in [0.717, 1.165) is 0 Å². The second-order valence-electron chi connectivity index (χ2n) is 2.85. The van der Waals surface area contributed by atoms with Gasteiger partial charge in [-0.15, -0.1) is 0 Å². The Bertz CT molecular complexity index is 426. The number of nitrogens with zero attached hydrogens (tertiary/aromatic N) is 1. The normalized spacial score (nSPS) is 11.6. The molecule has 5 heteroatoms. The van der Waals surface area contributed by atoms with Crippen LogP contribution in [-0.2, 0) is 9.53 Å². The first kappa shape index (κ1) is 11.7. The van der Waals surface area contributed by atoms with Crippen LogP contribution < -0.4 is 5.73 Å². The fraction of sp³-hybridized carbons (Fsp3) is 0.200. The molecule has 0 aliphatic heterocycles. The summed E-state index contributed by atoms with van der Waals surface area (Å²) in [5.74, 6) is -0.536. The molecule has 4 nitrogen and oxygen atoms in total. The molecule has 0 spiro atoms. The summed E-state index contributed by atoms with van der Waals surface area (Å²) in [6, 6.07) is 5.98. The Morgan fingerprint density at radius 3 is 2.87 bits per heavy atom. The van der Waals surface area contributed by atoms with E-state index in [0.29, 0.717) is 15.6 Å². The maximum Gasteiger partial charge on any atom is 0.327 e. The number of carbonyl (C=O) groups is 1. The second-order valence-corrected chi connectivity index (χ2v) is 3.70. The van der Waals surface area contributed by atoms with Crippen molar-refractivity contribution >= 4 is 21.9 Å². The molecule has 0 saturated carbocycles. The van der Waals surface area contributed by atoms with E-state index >= 15 is 0 Å². The summed E-state index contributed by atoms with van der Waals surface area (Å²) in [4.78, 5) is 11.2. The largest absolute Gasteiger partial charge is 0.468 e. The van der Waals surface area contributed by atoms with Crippen LogP contribution in [0.3, 0.4) is 0 Å². The minimum absolute atomic E-state index is 0.451. The predicted molar refractivity (Wildman–Crippen MR) is 57.8 cm³/mol. The molecule has 0 bridgehead atoms. The lowest BCUT2D eigenvalue weighted by Gasteiger charge is -2.11. The van der Waals surface area contributed by atoms with Crippen LogP contribution in [0.1, 0.15) is 17.2 Å². The maximum absolute atomic E-state index is 11.2. The molecule has 0 heterocycles. The van der Waals surface area contributed by atoms with Crippen LogP contribution in [0.2, 0.25) is 0 Å². The van der Waals surface area contributed by atoms with Crippen LogP contribution in [0.15, 0.2) is 22.7 Å². The summed E-state index contributed by atoms with van der Waals surface area (Å²) in [6.45, 7) is 0. The van der Waals surface area contributed by atoms with Gasteiger partial charge in [-0.05, 0) is 23.8 Å². The molecule has 15 heavy (non-hydrogen) atoms. The van der Waals surface area contributed by atoms with Gasteiger partial charge in [0.25, 0.3) is 0 Å². The van der Waals surface area contributed by atoms with Gasteiger partial charge in [-0.2, -0.15) is 5.26 Å². The summed E-state index contributed by atoms with van der Waals surface area (Å²) in [7, 11) is 1.27. The number of nitriles is 1. The lowest BCUT2D eigenvalue weighted by Crippen LogP contribution is -2.23. The van der Waals surface area contributed by atoms with E-state index in [1.54, 1.807) is 18.2 Å². The highest BCUT2D eigenvalue weighted by Crippen LogP contribution is 2.23. The van der Waals surface area contributed by atoms with Crippen molar-refractivity contribution < 1.29 is 9.53 Å². The van der Waals surface area contributed by atoms with Gasteiger partial charge in [0.05, 0.1) is 18.7 Å². The fourth-order valence-corrected chi connectivity index (χ4v) is 1.60. The van der Waals surface area contributed by atoms with Crippen molar-refractivity contribution in [2.45, 2.75) is 6.04 Å². The first-order valence-electron chi connectivity index (χ1n) is 4.13. The fourth-order valence-electron chi connectivity index (χ4n) is 1.11. The Balaban J connectivity index is 3.13. The zero-order valence-corrected chi connectivity index (χ0v) is 9.61. The van der Waals surface area contributed by atoms with Crippen LogP contribution in [0.25, 0.3) is 0 Å². The molecular weight excluding hydrogens is 260 g/mol. The van der Waals surface area contributed by atoms with Gasteiger partial charge in [-0.1, -0.05) is 15.9 Å². The number of rotatable bonds is 2. The predicted octanol–water partition coefficient (Wildman–Crippen LogP) is 1.49. The maximum atomic E-state index is 11.2. The van der Waals surface area contributed by atoms with Crippen molar-refractivity contribution in [3.8, 4) is 6.07 Å². The molecular formula is C10H9BrN2O2. The van der Waals surface area contributed by atoms with Gasteiger partial charge in [0.2, 0.25) is 0 Å². The van der Waals surface area contributed by atoms with Crippen molar-refractivity contribution in [3.63, 3.8) is 0 Å². The number of carbonyl (C=O) groups excluding carboxylic acids is 1. The molecule has 1 atom stereocenters. The smallest absolute Gasteiger partial charge is 0.327 e. The number of halogens is 1. The van der Waals surface area contributed by atoms with E-state index in [-0.39, 0.29) is 0 Å². The Morgan fingerprint density at radius 2 is 2.33 bits per heavy atom. The first-order chi connectivity index (χ1) is 7.10. The van der Waals surface area contributed by atoms with Crippen molar-refractivity contribution in [1.29, 1.82) is 5.26 Å². The number of benzene rings is 1. The van der Waals surface area contributed by atoms with E-state index in [1.165, 1.54) is 7.11 Å². The number of hydrogen-bond acceptors (Lipinski definition) is 4. The zero-order chi connectivity index (χ0) is 11.4. The second kappa shape index (κ2) is 4.91. The van der Waals surface area contributed by atoms with E-state index < -0.39 is 12.0 Å². The average Bonchev–Trinajstić information content (AvgIpc) is 2.27. The van der Waals surface area contributed by atoms with Gasteiger partial charge >= 0.3 is 5.97 Å². The van der Waals surface area contributed by atoms with Gasteiger partial charge < -0.3 is 10.5 Å². The summed E-state index contributed by atoms with van der Waals surface area (Å²) in [5, 5.41) is 8.71. The molecule has 0 saturated heterocycles. The molecule has 0 radical (unpaired) electrons. The molecule has 0 aliphatic rings. The summed E-state index contributed by atoms with van der Waals surface area (Å²) in [5.41, 5.74) is 6.65. The van der Waals surface area contributed by atoms with Crippen LogP contribution in [0.4, 0.5) is 0 Å². The third kappa shape index (κ3) is 2.55. The molecule has 0 amide bonds. The topological polar surface area (TPSA) is 76.1 Å². The zero-order valence-electron chi connectivity index (χ0n) is 8.03. The monoisotopic (exact) mass is 268 g/mol. The molecule has 0 aromatic heterocycles. The van der Waals surface area contributed by atoms with Gasteiger partial charge in [-0.3, -0.25) is 4.79 Å². The van der Waals surface area contributed by atoms with E-state index in [1.807, 2.05) is 6.07 Å². The third-order valence-corrected chi connectivity index (χ3v) is 2.64.